The van der Waals surface area contributed by atoms with Gasteiger partial charge in [0, 0.05) is 25.3 Å². The van der Waals surface area contributed by atoms with Gasteiger partial charge >= 0.3 is 0 Å². The smallest absolute Gasteiger partial charge is 0.232 e. The summed E-state index contributed by atoms with van der Waals surface area (Å²) in [6, 6.07) is 7.97. The van der Waals surface area contributed by atoms with Gasteiger partial charge in [-0.15, -0.1) is 0 Å². The number of likely N-dealkylation sites (tertiary alicyclic amines) is 1. The third-order valence-corrected chi connectivity index (χ3v) is 4.12. The zero-order chi connectivity index (χ0) is 13.5. The van der Waals surface area contributed by atoms with E-state index in [2.05, 4.69) is 5.32 Å². The summed E-state index contributed by atoms with van der Waals surface area (Å²) in [5.41, 5.74) is 1.40. The van der Waals surface area contributed by atoms with Crippen molar-refractivity contribution in [2.75, 3.05) is 25.0 Å². The van der Waals surface area contributed by atoms with Gasteiger partial charge < -0.3 is 15.3 Å². The van der Waals surface area contributed by atoms with Gasteiger partial charge in [-0.05, 0) is 31.4 Å². The summed E-state index contributed by atoms with van der Waals surface area (Å²) in [5, 5.41) is 13.4. The molecule has 1 fully saturated rings. The number of nitrogens with zero attached hydrogens (tertiary/aromatic N) is 1. The average Bonchev–Trinajstić information content (AvgIpc) is 2.80. The maximum atomic E-state index is 12.6. The van der Waals surface area contributed by atoms with Gasteiger partial charge in [0.1, 0.15) is 0 Å². The first kappa shape index (κ1) is 12.5. The van der Waals surface area contributed by atoms with Crippen molar-refractivity contribution >= 4 is 11.6 Å². The molecular formula is C15H20N2O2. The third kappa shape index (κ3) is 2.32. The molecule has 0 radical (unpaired) electrons. The van der Waals surface area contributed by atoms with Gasteiger partial charge in [-0.2, -0.15) is 0 Å². The van der Waals surface area contributed by atoms with Gasteiger partial charge in [-0.25, -0.2) is 0 Å². The van der Waals surface area contributed by atoms with Crippen LogP contribution in [-0.4, -0.2) is 41.1 Å². The zero-order valence-electron chi connectivity index (χ0n) is 11.2. The van der Waals surface area contributed by atoms with E-state index < -0.39 is 5.60 Å². The van der Waals surface area contributed by atoms with Crippen molar-refractivity contribution in [1.82, 2.24) is 4.90 Å². The van der Waals surface area contributed by atoms with E-state index in [1.807, 2.05) is 36.1 Å². The van der Waals surface area contributed by atoms with Crippen molar-refractivity contribution in [3.63, 3.8) is 0 Å². The molecule has 0 saturated carbocycles. The van der Waals surface area contributed by atoms with Crippen LogP contribution in [0, 0.1) is 0 Å². The summed E-state index contributed by atoms with van der Waals surface area (Å²) >= 11 is 0. The Morgan fingerprint density at radius 3 is 3.05 bits per heavy atom. The lowest BCUT2D eigenvalue weighted by atomic mass is 9.92. The van der Waals surface area contributed by atoms with Gasteiger partial charge in [0.2, 0.25) is 5.91 Å². The lowest BCUT2D eigenvalue weighted by molar-refractivity contribution is -0.138. The van der Waals surface area contributed by atoms with Crippen molar-refractivity contribution in [1.29, 1.82) is 0 Å². The minimum absolute atomic E-state index is 0.106. The second kappa shape index (κ2) is 4.53. The standard InChI is InChI=1S/C15H20N2O2/c1-15(19)7-4-8-17(10-15)14(18)12-9-16-13-6-3-2-5-11(12)13/h2-3,5-6,12,16,19H,4,7-10H2,1H3. The summed E-state index contributed by atoms with van der Waals surface area (Å²) in [6.45, 7) is 3.68. The largest absolute Gasteiger partial charge is 0.388 e. The number of hydrogen-bond donors (Lipinski definition) is 2. The highest BCUT2D eigenvalue weighted by Crippen LogP contribution is 2.33. The molecule has 2 atom stereocenters. The van der Waals surface area contributed by atoms with Crippen LogP contribution in [0.4, 0.5) is 5.69 Å². The SMILES string of the molecule is CC1(O)CCCN(C(=O)C2CNc3ccccc32)C1. The fourth-order valence-electron chi connectivity index (χ4n) is 3.13. The van der Waals surface area contributed by atoms with Crippen molar-refractivity contribution in [3.8, 4) is 0 Å². The van der Waals surface area contributed by atoms with Crippen molar-refractivity contribution in [2.24, 2.45) is 0 Å². The molecule has 1 saturated heterocycles. The topological polar surface area (TPSA) is 52.6 Å². The zero-order valence-corrected chi connectivity index (χ0v) is 11.2. The summed E-state index contributed by atoms with van der Waals surface area (Å²) in [4.78, 5) is 14.4. The Labute approximate surface area is 113 Å². The molecule has 4 nitrogen and oxygen atoms in total. The Bertz CT molecular complexity index is 499. The number of carbonyl (C=O) groups is 1. The maximum Gasteiger partial charge on any atom is 0.232 e. The number of anilines is 1. The number of hydrogen-bond acceptors (Lipinski definition) is 3. The van der Waals surface area contributed by atoms with E-state index in [0.717, 1.165) is 30.6 Å². The highest BCUT2D eigenvalue weighted by atomic mass is 16.3. The van der Waals surface area contributed by atoms with E-state index in [1.165, 1.54) is 0 Å². The molecule has 0 aromatic heterocycles. The Balaban J connectivity index is 1.78. The van der Waals surface area contributed by atoms with Crippen LogP contribution in [0.1, 0.15) is 31.2 Å². The molecule has 3 rings (SSSR count). The predicted molar refractivity (Wildman–Crippen MR) is 74.1 cm³/mol. The van der Waals surface area contributed by atoms with Gasteiger partial charge in [0.15, 0.2) is 0 Å². The second-order valence-corrected chi connectivity index (χ2v) is 5.88. The maximum absolute atomic E-state index is 12.6. The lowest BCUT2D eigenvalue weighted by Crippen LogP contribution is -2.50. The molecule has 19 heavy (non-hydrogen) atoms. The van der Waals surface area contributed by atoms with E-state index in [-0.39, 0.29) is 11.8 Å². The highest BCUT2D eigenvalue weighted by Gasteiger charge is 2.36. The summed E-state index contributed by atoms with van der Waals surface area (Å²) in [5.74, 6) is 0.0301. The molecule has 0 bridgehead atoms. The Morgan fingerprint density at radius 2 is 2.26 bits per heavy atom. The highest BCUT2D eigenvalue weighted by molar-refractivity contribution is 5.88. The molecule has 0 spiro atoms. The first-order valence-corrected chi connectivity index (χ1v) is 6.91. The summed E-state index contributed by atoms with van der Waals surface area (Å²) in [6.07, 6.45) is 1.65. The number of fused-ring (bicyclic) bond motifs is 1. The van der Waals surface area contributed by atoms with E-state index in [4.69, 9.17) is 0 Å². The normalized spacial score (nSPS) is 29.8. The van der Waals surface area contributed by atoms with Gasteiger partial charge in [0.25, 0.3) is 0 Å². The number of β-amino-alcohol motifs (C(OH)–C–C–N with tert-alkyl or cyclic N) is 1. The number of piperidine rings is 1. The first-order chi connectivity index (χ1) is 9.07. The van der Waals surface area contributed by atoms with E-state index in [1.54, 1.807) is 0 Å². The van der Waals surface area contributed by atoms with Crippen LogP contribution >= 0.6 is 0 Å². The molecule has 2 aliphatic rings. The van der Waals surface area contributed by atoms with Crippen molar-refractivity contribution in [3.05, 3.63) is 29.8 Å². The number of amides is 1. The number of rotatable bonds is 1. The van der Waals surface area contributed by atoms with Crippen LogP contribution in [0.25, 0.3) is 0 Å². The van der Waals surface area contributed by atoms with E-state index >= 15 is 0 Å². The van der Waals surface area contributed by atoms with Crippen LogP contribution in [0.5, 0.6) is 0 Å². The molecular weight excluding hydrogens is 240 g/mol. The number of nitrogens with one attached hydrogen (secondary N) is 1. The quantitative estimate of drug-likeness (QED) is 0.806. The van der Waals surface area contributed by atoms with Gasteiger partial charge in [-0.1, -0.05) is 18.2 Å². The van der Waals surface area contributed by atoms with E-state index in [9.17, 15) is 9.90 Å². The number of aliphatic hydroxyl groups is 1. The third-order valence-electron chi connectivity index (χ3n) is 4.12. The molecule has 4 heteroatoms. The molecule has 1 amide bonds. The fourth-order valence-corrected chi connectivity index (χ4v) is 3.13. The molecule has 2 N–H and O–H groups in total. The van der Waals surface area contributed by atoms with Gasteiger partial charge in [-0.3, -0.25) is 4.79 Å². The van der Waals surface area contributed by atoms with Crippen molar-refractivity contribution < 1.29 is 9.90 Å². The van der Waals surface area contributed by atoms with E-state index in [0.29, 0.717) is 13.1 Å². The monoisotopic (exact) mass is 260 g/mol. The van der Waals surface area contributed by atoms with Crippen LogP contribution in [-0.2, 0) is 4.79 Å². The van der Waals surface area contributed by atoms with Gasteiger partial charge in [0.05, 0.1) is 11.5 Å². The number of carbonyl (C=O) groups excluding carboxylic acids is 1. The minimum atomic E-state index is -0.737. The van der Waals surface area contributed by atoms with Crippen LogP contribution in [0.3, 0.4) is 0 Å². The molecule has 1 aromatic carbocycles. The lowest BCUT2D eigenvalue weighted by Gasteiger charge is -2.38. The molecule has 2 aliphatic heterocycles. The Hall–Kier alpha value is -1.55. The Morgan fingerprint density at radius 1 is 1.47 bits per heavy atom. The number of benzene rings is 1. The average molecular weight is 260 g/mol. The molecule has 102 valence electrons. The predicted octanol–water partition coefficient (Wildman–Crippen LogP) is 1.57. The molecule has 1 aromatic rings. The second-order valence-electron chi connectivity index (χ2n) is 5.88. The van der Waals surface area contributed by atoms with Crippen LogP contribution in [0.2, 0.25) is 0 Å². The molecule has 2 unspecified atom stereocenters. The minimum Gasteiger partial charge on any atom is -0.388 e. The summed E-state index contributed by atoms with van der Waals surface area (Å²) < 4.78 is 0. The molecule has 0 aliphatic carbocycles. The number of para-hydroxylation sites is 1. The van der Waals surface area contributed by atoms with Crippen LogP contribution in [0.15, 0.2) is 24.3 Å². The first-order valence-electron chi connectivity index (χ1n) is 6.91. The van der Waals surface area contributed by atoms with Crippen molar-refractivity contribution in [2.45, 2.75) is 31.3 Å². The van der Waals surface area contributed by atoms with Crippen LogP contribution < -0.4 is 5.32 Å². The fraction of sp³-hybridized carbons (Fsp3) is 0.533. The summed E-state index contributed by atoms with van der Waals surface area (Å²) in [7, 11) is 0. The Kier molecular flexibility index (Phi) is 2.97. The molecule has 2 heterocycles.